The lowest BCUT2D eigenvalue weighted by Gasteiger charge is -2.16. The quantitative estimate of drug-likeness (QED) is 0.816. The Morgan fingerprint density at radius 3 is 2.67 bits per heavy atom. The maximum Gasteiger partial charge on any atom is 0.0226 e. The van der Waals surface area contributed by atoms with E-state index in [1.165, 1.54) is 25.7 Å². The predicted molar refractivity (Wildman–Crippen MR) is 65.5 cm³/mol. The van der Waals surface area contributed by atoms with E-state index in [9.17, 15) is 0 Å². The van der Waals surface area contributed by atoms with Crippen LogP contribution >= 0.6 is 11.3 Å². The second-order valence-corrected chi connectivity index (χ2v) is 6.90. The molecule has 0 bridgehead atoms. The van der Waals surface area contributed by atoms with Crippen molar-refractivity contribution in [2.45, 2.75) is 44.9 Å². The molecule has 0 aromatic carbocycles. The Morgan fingerprint density at radius 1 is 1.40 bits per heavy atom. The summed E-state index contributed by atoms with van der Waals surface area (Å²) < 4.78 is 0. The molecule has 1 aromatic heterocycles. The van der Waals surface area contributed by atoms with Crippen molar-refractivity contribution in [3.63, 3.8) is 0 Å². The molecule has 0 saturated heterocycles. The van der Waals surface area contributed by atoms with Gasteiger partial charge in [-0.3, -0.25) is 0 Å². The van der Waals surface area contributed by atoms with Crippen LogP contribution in [0.3, 0.4) is 0 Å². The third-order valence-electron chi connectivity index (χ3n) is 4.48. The largest absolute Gasteiger partial charge is 0.330 e. The molecule has 15 heavy (non-hydrogen) atoms. The minimum atomic E-state index is 0.321. The number of rotatable bonds is 2. The van der Waals surface area contributed by atoms with E-state index in [0.29, 0.717) is 10.8 Å². The molecule has 1 nitrogen and oxygen atoms in total. The smallest absolute Gasteiger partial charge is 0.0226 e. The minimum absolute atomic E-state index is 0.321. The lowest BCUT2D eigenvalue weighted by Crippen LogP contribution is -2.24. The Hall–Kier alpha value is -0.340. The van der Waals surface area contributed by atoms with Gasteiger partial charge in [0.2, 0.25) is 0 Å². The van der Waals surface area contributed by atoms with Gasteiger partial charge in [0.05, 0.1) is 0 Å². The fourth-order valence-corrected chi connectivity index (χ4v) is 4.78. The predicted octanol–water partition coefficient (Wildman–Crippen LogP) is 2.86. The second-order valence-electron chi connectivity index (χ2n) is 5.76. The normalized spacial score (nSPS) is 31.7. The molecule has 1 heterocycles. The van der Waals surface area contributed by atoms with Gasteiger partial charge in [-0.1, -0.05) is 13.8 Å². The van der Waals surface area contributed by atoms with E-state index < -0.39 is 0 Å². The van der Waals surface area contributed by atoms with Gasteiger partial charge in [-0.15, -0.1) is 11.3 Å². The van der Waals surface area contributed by atoms with Crippen molar-refractivity contribution in [1.82, 2.24) is 0 Å². The van der Waals surface area contributed by atoms with Crippen LogP contribution in [0.15, 0.2) is 6.07 Å². The first kappa shape index (κ1) is 9.86. The van der Waals surface area contributed by atoms with E-state index in [2.05, 4.69) is 19.9 Å². The van der Waals surface area contributed by atoms with Crippen LogP contribution in [0.5, 0.6) is 0 Å². The highest BCUT2D eigenvalue weighted by atomic mass is 32.1. The van der Waals surface area contributed by atoms with Crippen LogP contribution in [0, 0.1) is 5.41 Å². The highest BCUT2D eigenvalue weighted by molar-refractivity contribution is 7.12. The Balaban J connectivity index is 2.00. The highest BCUT2D eigenvalue weighted by Crippen LogP contribution is 2.65. The maximum atomic E-state index is 6.00. The van der Waals surface area contributed by atoms with Crippen molar-refractivity contribution < 1.29 is 0 Å². The number of nitrogens with two attached hydrogens (primary N) is 1. The summed E-state index contributed by atoms with van der Waals surface area (Å²) in [7, 11) is 0. The van der Waals surface area contributed by atoms with Crippen molar-refractivity contribution in [1.29, 1.82) is 0 Å². The molecular weight excluding hydrogens is 202 g/mol. The molecule has 2 N–H and O–H groups in total. The summed E-state index contributed by atoms with van der Waals surface area (Å²) in [6.45, 7) is 5.52. The summed E-state index contributed by atoms with van der Waals surface area (Å²) >= 11 is 2.04. The van der Waals surface area contributed by atoms with Gasteiger partial charge >= 0.3 is 0 Å². The third kappa shape index (κ3) is 1.18. The Morgan fingerprint density at radius 2 is 2.13 bits per heavy atom. The number of thiophene rings is 1. The molecule has 1 aromatic rings. The van der Waals surface area contributed by atoms with Crippen LogP contribution < -0.4 is 5.73 Å². The van der Waals surface area contributed by atoms with Gasteiger partial charge in [0.15, 0.2) is 0 Å². The van der Waals surface area contributed by atoms with E-state index in [4.69, 9.17) is 5.73 Å². The van der Waals surface area contributed by atoms with Gasteiger partial charge in [-0.05, 0) is 42.7 Å². The van der Waals surface area contributed by atoms with E-state index >= 15 is 0 Å². The standard InChI is InChI=1S/C13H19NS/c1-12(2)7-13(12,8-14)11-6-9-4-3-5-10(9)15-11/h6H,3-5,7-8,14H2,1-2H3. The monoisotopic (exact) mass is 221 g/mol. The van der Waals surface area contributed by atoms with Crippen molar-refractivity contribution >= 4 is 11.3 Å². The third-order valence-corrected chi connectivity index (χ3v) is 5.92. The zero-order valence-corrected chi connectivity index (χ0v) is 10.4. The van der Waals surface area contributed by atoms with E-state index in [1.807, 2.05) is 11.3 Å². The summed E-state index contributed by atoms with van der Waals surface area (Å²) in [6.07, 6.45) is 5.24. The summed E-state index contributed by atoms with van der Waals surface area (Å²) in [5.41, 5.74) is 8.37. The van der Waals surface area contributed by atoms with Gasteiger partial charge in [0, 0.05) is 21.7 Å². The molecule has 1 atom stereocenters. The summed E-state index contributed by atoms with van der Waals surface area (Å²) in [5.74, 6) is 0. The zero-order valence-electron chi connectivity index (χ0n) is 9.60. The first-order valence-corrected chi connectivity index (χ1v) is 6.73. The highest BCUT2D eigenvalue weighted by Gasteiger charge is 2.61. The summed E-state index contributed by atoms with van der Waals surface area (Å²) in [5, 5.41) is 0. The Kier molecular flexibility index (Phi) is 1.88. The molecule has 1 fully saturated rings. The molecule has 0 spiro atoms. The molecular formula is C13H19NS. The SMILES string of the molecule is CC1(C)CC1(CN)c1cc2c(s1)CCC2. The molecule has 0 amide bonds. The van der Waals surface area contributed by atoms with E-state index in [-0.39, 0.29) is 0 Å². The van der Waals surface area contributed by atoms with Crippen LogP contribution in [-0.2, 0) is 18.3 Å². The maximum absolute atomic E-state index is 6.00. The average Bonchev–Trinajstić information content (AvgIpc) is 2.58. The van der Waals surface area contributed by atoms with Gasteiger partial charge in [-0.25, -0.2) is 0 Å². The Bertz CT molecular complexity index is 383. The van der Waals surface area contributed by atoms with Crippen molar-refractivity contribution in [3.8, 4) is 0 Å². The van der Waals surface area contributed by atoms with E-state index in [0.717, 1.165) is 6.54 Å². The molecule has 2 aliphatic carbocycles. The van der Waals surface area contributed by atoms with Crippen molar-refractivity contribution in [2.24, 2.45) is 11.1 Å². The lowest BCUT2D eigenvalue weighted by molar-refractivity contribution is 0.509. The molecule has 1 unspecified atom stereocenters. The van der Waals surface area contributed by atoms with Crippen LogP contribution in [0.2, 0.25) is 0 Å². The van der Waals surface area contributed by atoms with Crippen LogP contribution in [0.25, 0.3) is 0 Å². The lowest BCUT2D eigenvalue weighted by atomic mass is 9.94. The van der Waals surface area contributed by atoms with Gasteiger partial charge < -0.3 is 5.73 Å². The molecule has 82 valence electrons. The molecule has 2 heteroatoms. The second kappa shape index (κ2) is 2.86. The molecule has 3 rings (SSSR count). The van der Waals surface area contributed by atoms with Gasteiger partial charge in [0.25, 0.3) is 0 Å². The van der Waals surface area contributed by atoms with Gasteiger partial charge in [0.1, 0.15) is 0 Å². The van der Waals surface area contributed by atoms with Crippen LogP contribution in [0.1, 0.15) is 42.0 Å². The molecule has 2 aliphatic rings. The minimum Gasteiger partial charge on any atom is -0.330 e. The number of hydrogen-bond acceptors (Lipinski definition) is 2. The first-order chi connectivity index (χ1) is 7.09. The van der Waals surface area contributed by atoms with Gasteiger partial charge in [-0.2, -0.15) is 0 Å². The summed E-state index contributed by atoms with van der Waals surface area (Å²) in [6, 6.07) is 2.45. The number of hydrogen-bond donors (Lipinski definition) is 1. The number of fused-ring (bicyclic) bond motifs is 1. The average molecular weight is 221 g/mol. The molecule has 0 aliphatic heterocycles. The fraction of sp³-hybridized carbons (Fsp3) is 0.692. The first-order valence-electron chi connectivity index (χ1n) is 5.91. The van der Waals surface area contributed by atoms with Crippen LogP contribution in [0.4, 0.5) is 0 Å². The molecule has 1 saturated carbocycles. The van der Waals surface area contributed by atoms with Crippen molar-refractivity contribution in [2.75, 3.05) is 6.54 Å². The fourth-order valence-electron chi connectivity index (χ4n) is 3.14. The topological polar surface area (TPSA) is 26.0 Å². The zero-order chi connectivity index (χ0) is 10.7. The van der Waals surface area contributed by atoms with Crippen molar-refractivity contribution in [3.05, 3.63) is 21.4 Å². The van der Waals surface area contributed by atoms with E-state index in [1.54, 1.807) is 15.3 Å². The number of aryl methyl sites for hydroxylation is 2. The summed E-state index contributed by atoms with van der Waals surface area (Å²) in [4.78, 5) is 3.21. The van der Waals surface area contributed by atoms with Crippen LogP contribution in [-0.4, -0.2) is 6.54 Å². The molecule has 0 radical (unpaired) electrons. The Labute approximate surface area is 95.7 Å².